The minimum absolute atomic E-state index is 0.202. The minimum atomic E-state index is -0.790. The Hall–Kier alpha value is -1.38. The van der Waals surface area contributed by atoms with Crippen LogP contribution in [-0.2, 0) is 11.2 Å². The maximum atomic E-state index is 13.4. The van der Waals surface area contributed by atoms with Crippen LogP contribution in [0.25, 0.3) is 0 Å². The van der Waals surface area contributed by atoms with E-state index in [4.69, 9.17) is 5.11 Å². The normalized spacial score (nSPS) is 12.5. The molecule has 0 saturated carbocycles. The van der Waals surface area contributed by atoms with Crippen molar-refractivity contribution >= 4 is 5.97 Å². The lowest BCUT2D eigenvalue weighted by molar-refractivity contribution is -0.141. The van der Waals surface area contributed by atoms with Gasteiger partial charge in [0.1, 0.15) is 5.82 Å². The van der Waals surface area contributed by atoms with Crippen LogP contribution in [0, 0.1) is 25.6 Å². The zero-order valence-electron chi connectivity index (χ0n) is 9.88. The second-order valence-electron chi connectivity index (χ2n) is 4.19. The molecule has 1 atom stereocenters. The van der Waals surface area contributed by atoms with Crippen molar-refractivity contribution in [3.8, 4) is 0 Å². The van der Waals surface area contributed by atoms with Crippen molar-refractivity contribution in [1.29, 1.82) is 0 Å². The van der Waals surface area contributed by atoms with Gasteiger partial charge in [-0.2, -0.15) is 0 Å². The lowest BCUT2D eigenvalue weighted by Gasteiger charge is -2.11. The summed E-state index contributed by atoms with van der Waals surface area (Å²) in [5, 5.41) is 8.95. The standard InChI is InChI=1S/C13H17FO2/c1-4-11(13(15)16)7-10-5-8(2)12(14)9(3)6-10/h5-6,11H,4,7H2,1-3H3,(H,15,16). The van der Waals surface area contributed by atoms with Crippen molar-refractivity contribution in [2.75, 3.05) is 0 Å². The fraction of sp³-hybridized carbons (Fsp3) is 0.462. The number of rotatable bonds is 4. The van der Waals surface area contributed by atoms with Crippen LogP contribution >= 0.6 is 0 Å². The molecule has 16 heavy (non-hydrogen) atoms. The molecule has 1 rings (SSSR count). The van der Waals surface area contributed by atoms with Crippen molar-refractivity contribution in [2.24, 2.45) is 5.92 Å². The van der Waals surface area contributed by atoms with Gasteiger partial charge in [0.05, 0.1) is 5.92 Å². The van der Waals surface area contributed by atoms with Gasteiger partial charge in [0.15, 0.2) is 0 Å². The van der Waals surface area contributed by atoms with E-state index < -0.39 is 5.97 Å². The van der Waals surface area contributed by atoms with Gasteiger partial charge in [-0.25, -0.2) is 4.39 Å². The molecule has 0 aliphatic heterocycles. The molecule has 0 bridgehead atoms. The van der Waals surface area contributed by atoms with E-state index >= 15 is 0 Å². The zero-order valence-corrected chi connectivity index (χ0v) is 9.88. The van der Waals surface area contributed by atoms with Gasteiger partial charge in [-0.3, -0.25) is 4.79 Å². The highest BCUT2D eigenvalue weighted by Crippen LogP contribution is 2.18. The first-order valence-corrected chi connectivity index (χ1v) is 5.44. The van der Waals surface area contributed by atoms with Crippen LogP contribution in [0.1, 0.15) is 30.0 Å². The van der Waals surface area contributed by atoms with E-state index in [0.29, 0.717) is 24.0 Å². The average Bonchev–Trinajstić information content (AvgIpc) is 2.21. The summed E-state index contributed by atoms with van der Waals surface area (Å²) in [7, 11) is 0. The smallest absolute Gasteiger partial charge is 0.306 e. The number of carboxylic acid groups (broad SMARTS) is 1. The van der Waals surface area contributed by atoms with Crippen LogP contribution in [0.3, 0.4) is 0 Å². The Morgan fingerprint density at radius 2 is 1.88 bits per heavy atom. The minimum Gasteiger partial charge on any atom is -0.481 e. The van der Waals surface area contributed by atoms with Crippen LogP contribution in [0.4, 0.5) is 4.39 Å². The Balaban J connectivity index is 2.93. The molecule has 1 aromatic carbocycles. The van der Waals surface area contributed by atoms with Gasteiger partial charge in [0.25, 0.3) is 0 Å². The molecule has 0 aromatic heterocycles. The van der Waals surface area contributed by atoms with Crippen LogP contribution in [-0.4, -0.2) is 11.1 Å². The molecule has 0 aliphatic carbocycles. The van der Waals surface area contributed by atoms with Crippen LogP contribution < -0.4 is 0 Å². The second kappa shape index (κ2) is 5.10. The van der Waals surface area contributed by atoms with Crippen molar-refractivity contribution in [2.45, 2.75) is 33.6 Å². The van der Waals surface area contributed by atoms with Gasteiger partial charge >= 0.3 is 5.97 Å². The molecule has 0 spiro atoms. The predicted molar refractivity (Wildman–Crippen MR) is 61.0 cm³/mol. The summed E-state index contributed by atoms with van der Waals surface area (Å²) in [5.74, 6) is -1.38. The number of aliphatic carboxylic acids is 1. The van der Waals surface area contributed by atoms with Gasteiger partial charge in [0, 0.05) is 0 Å². The Morgan fingerprint density at radius 3 is 2.25 bits per heavy atom. The second-order valence-corrected chi connectivity index (χ2v) is 4.19. The molecule has 0 radical (unpaired) electrons. The van der Waals surface area contributed by atoms with Crippen molar-refractivity contribution < 1.29 is 14.3 Å². The molecule has 1 unspecified atom stereocenters. The third-order valence-corrected chi connectivity index (χ3v) is 2.82. The first-order chi connectivity index (χ1) is 7.45. The Kier molecular flexibility index (Phi) is 4.05. The summed E-state index contributed by atoms with van der Waals surface area (Å²) >= 11 is 0. The zero-order chi connectivity index (χ0) is 12.3. The van der Waals surface area contributed by atoms with Gasteiger partial charge in [-0.15, -0.1) is 0 Å². The van der Waals surface area contributed by atoms with Gasteiger partial charge in [-0.1, -0.05) is 19.1 Å². The summed E-state index contributed by atoms with van der Waals surface area (Å²) in [6, 6.07) is 3.46. The summed E-state index contributed by atoms with van der Waals surface area (Å²) in [4.78, 5) is 10.9. The SMILES string of the molecule is CCC(Cc1cc(C)c(F)c(C)c1)C(=O)O. The molecular formula is C13H17FO2. The summed E-state index contributed by atoms with van der Waals surface area (Å²) in [5.41, 5.74) is 2.05. The Morgan fingerprint density at radius 1 is 1.38 bits per heavy atom. The number of halogens is 1. The molecule has 0 amide bonds. The number of carbonyl (C=O) groups is 1. The quantitative estimate of drug-likeness (QED) is 0.853. The number of hydrogen-bond donors (Lipinski definition) is 1. The van der Waals surface area contributed by atoms with E-state index in [0.717, 1.165) is 5.56 Å². The maximum absolute atomic E-state index is 13.4. The number of aryl methyl sites for hydroxylation is 2. The molecule has 88 valence electrons. The summed E-state index contributed by atoms with van der Waals surface area (Å²) in [6.45, 7) is 5.25. The third kappa shape index (κ3) is 2.81. The lowest BCUT2D eigenvalue weighted by Crippen LogP contribution is -2.15. The van der Waals surface area contributed by atoms with Crippen molar-refractivity contribution in [3.63, 3.8) is 0 Å². The molecule has 0 fully saturated rings. The van der Waals surface area contributed by atoms with Crippen molar-refractivity contribution in [1.82, 2.24) is 0 Å². The highest BCUT2D eigenvalue weighted by molar-refractivity contribution is 5.70. The largest absolute Gasteiger partial charge is 0.481 e. The molecular weight excluding hydrogens is 207 g/mol. The first-order valence-electron chi connectivity index (χ1n) is 5.44. The van der Waals surface area contributed by atoms with Gasteiger partial charge < -0.3 is 5.11 Å². The van der Waals surface area contributed by atoms with E-state index in [1.54, 1.807) is 26.0 Å². The molecule has 1 aromatic rings. The lowest BCUT2D eigenvalue weighted by atomic mass is 9.94. The monoisotopic (exact) mass is 224 g/mol. The Labute approximate surface area is 95.1 Å². The number of carboxylic acids is 1. The highest BCUT2D eigenvalue weighted by Gasteiger charge is 2.16. The summed E-state index contributed by atoms with van der Waals surface area (Å²) in [6.07, 6.45) is 1.05. The van der Waals surface area contributed by atoms with E-state index in [-0.39, 0.29) is 11.7 Å². The highest BCUT2D eigenvalue weighted by atomic mass is 19.1. The molecule has 0 saturated heterocycles. The fourth-order valence-electron chi connectivity index (χ4n) is 1.84. The molecule has 2 nitrogen and oxygen atoms in total. The summed E-state index contributed by atoms with van der Waals surface area (Å²) < 4.78 is 13.4. The number of hydrogen-bond acceptors (Lipinski definition) is 1. The first kappa shape index (κ1) is 12.7. The molecule has 0 aliphatic rings. The third-order valence-electron chi connectivity index (χ3n) is 2.82. The topological polar surface area (TPSA) is 37.3 Å². The van der Waals surface area contributed by atoms with E-state index in [1.807, 2.05) is 6.92 Å². The van der Waals surface area contributed by atoms with Crippen molar-refractivity contribution in [3.05, 3.63) is 34.6 Å². The molecule has 1 N–H and O–H groups in total. The van der Waals surface area contributed by atoms with Crippen LogP contribution in [0.15, 0.2) is 12.1 Å². The maximum Gasteiger partial charge on any atom is 0.306 e. The van der Waals surface area contributed by atoms with Gasteiger partial charge in [0.2, 0.25) is 0 Å². The van der Waals surface area contributed by atoms with Gasteiger partial charge in [-0.05, 0) is 43.4 Å². The van der Waals surface area contributed by atoms with E-state index in [9.17, 15) is 9.18 Å². The Bertz CT molecular complexity index is 376. The fourth-order valence-corrected chi connectivity index (χ4v) is 1.84. The van der Waals surface area contributed by atoms with Crippen LogP contribution in [0.5, 0.6) is 0 Å². The number of benzene rings is 1. The van der Waals surface area contributed by atoms with E-state index in [1.165, 1.54) is 0 Å². The molecule has 3 heteroatoms. The molecule has 0 heterocycles. The van der Waals surface area contributed by atoms with E-state index in [2.05, 4.69) is 0 Å². The predicted octanol–water partition coefficient (Wildman–Crippen LogP) is 3.10. The average molecular weight is 224 g/mol. The van der Waals surface area contributed by atoms with Crippen LogP contribution in [0.2, 0.25) is 0 Å².